The first-order valence-electron chi connectivity index (χ1n) is 6.56. The quantitative estimate of drug-likeness (QED) is 0.865. The molecular weight excluding hydrogens is 300 g/mol. The average Bonchev–Trinajstić information content (AvgIpc) is 2.87. The first-order chi connectivity index (χ1) is 9.40. The largest absolute Gasteiger partial charge is 0.476 e. The minimum Gasteiger partial charge on any atom is -0.476 e. The van der Waals surface area contributed by atoms with Gasteiger partial charge in [-0.05, 0) is 24.7 Å². The lowest BCUT2D eigenvalue weighted by Crippen LogP contribution is -2.31. The molecule has 0 saturated heterocycles. The molecule has 0 spiro atoms. The minimum atomic E-state index is -3.78. The molecule has 8 heteroatoms. The van der Waals surface area contributed by atoms with Gasteiger partial charge < -0.3 is 5.11 Å². The molecule has 2 unspecified atom stereocenters. The molecule has 1 aliphatic rings. The molecule has 2 N–H and O–H groups in total. The Bertz CT molecular complexity index is 582. The van der Waals surface area contributed by atoms with E-state index >= 15 is 0 Å². The Morgan fingerprint density at radius 2 is 2.30 bits per heavy atom. The van der Waals surface area contributed by atoms with Crippen LogP contribution in [-0.2, 0) is 10.0 Å². The molecule has 0 aromatic carbocycles. The van der Waals surface area contributed by atoms with Crippen LogP contribution in [0.25, 0.3) is 0 Å². The van der Waals surface area contributed by atoms with E-state index in [1.165, 1.54) is 11.9 Å². The lowest BCUT2D eigenvalue weighted by Gasteiger charge is -2.26. The van der Waals surface area contributed by atoms with Gasteiger partial charge in [0.15, 0.2) is 9.90 Å². The molecule has 6 nitrogen and oxygen atoms in total. The molecule has 112 valence electrons. The van der Waals surface area contributed by atoms with Crippen LogP contribution in [-0.4, -0.2) is 31.0 Å². The Balaban J connectivity index is 2.04. The molecule has 0 radical (unpaired) electrons. The molecular formula is C12H18N2O4S2. The van der Waals surface area contributed by atoms with Gasteiger partial charge in [0, 0.05) is 6.54 Å². The number of carbonyl (C=O) groups is 1. The number of carboxylic acids is 1. The fraction of sp³-hybridized carbons (Fsp3) is 0.667. The normalized spacial score (nSPS) is 23.6. The maximum atomic E-state index is 12.1. The van der Waals surface area contributed by atoms with Crippen LogP contribution in [0.1, 0.15) is 43.1 Å². The maximum Gasteiger partial charge on any atom is 0.356 e. The van der Waals surface area contributed by atoms with Crippen molar-refractivity contribution >= 4 is 27.3 Å². The highest BCUT2D eigenvalue weighted by Crippen LogP contribution is 2.28. The van der Waals surface area contributed by atoms with E-state index in [4.69, 9.17) is 5.11 Å². The van der Waals surface area contributed by atoms with Crippen molar-refractivity contribution in [3.63, 3.8) is 0 Å². The van der Waals surface area contributed by atoms with Gasteiger partial charge in [-0.1, -0.05) is 19.8 Å². The van der Waals surface area contributed by atoms with E-state index in [9.17, 15) is 13.2 Å². The van der Waals surface area contributed by atoms with Crippen LogP contribution in [0.5, 0.6) is 0 Å². The van der Waals surface area contributed by atoms with E-state index in [2.05, 4.69) is 16.6 Å². The number of aromatic carboxylic acids is 1. The van der Waals surface area contributed by atoms with Crippen LogP contribution in [0.3, 0.4) is 0 Å². The second kappa shape index (κ2) is 6.19. The smallest absolute Gasteiger partial charge is 0.356 e. The second-order valence-corrected chi connectivity index (χ2v) is 8.10. The number of nitrogens with zero attached hydrogens (tertiary/aromatic N) is 1. The topological polar surface area (TPSA) is 96.4 Å². The first kappa shape index (κ1) is 15.4. The van der Waals surface area contributed by atoms with Crippen molar-refractivity contribution in [3.8, 4) is 0 Å². The molecule has 1 aromatic rings. The number of carboxylic acid groups (broad SMARTS) is 1. The standard InChI is InChI=1S/C12H18N2O4S2/c1-8-3-2-4-9(5-8)6-14-20(17,18)12-10(11(15)16)13-7-19-12/h7-9,14H,2-6H2,1H3,(H,15,16). The monoisotopic (exact) mass is 318 g/mol. The fourth-order valence-corrected chi connectivity index (χ4v) is 4.91. The molecule has 2 atom stereocenters. The number of rotatable bonds is 5. The van der Waals surface area contributed by atoms with Crippen LogP contribution in [0.15, 0.2) is 9.72 Å². The predicted octanol–water partition coefficient (Wildman–Crippen LogP) is 1.95. The number of nitrogens with one attached hydrogen (secondary N) is 1. The SMILES string of the molecule is CC1CCCC(CNS(=O)(=O)c2scnc2C(=O)O)C1. The molecule has 1 aliphatic carbocycles. The molecule has 0 amide bonds. The molecule has 0 bridgehead atoms. The molecule has 1 aromatic heterocycles. The van der Waals surface area contributed by atoms with Crippen molar-refractivity contribution in [2.45, 2.75) is 36.8 Å². The summed E-state index contributed by atoms with van der Waals surface area (Å²) in [6.07, 6.45) is 4.34. The maximum absolute atomic E-state index is 12.1. The van der Waals surface area contributed by atoms with E-state index in [0.717, 1.165) is 30.6 Å². The van der Waals surface area contributed by atoms with Crippen molar-refractivity contribution in [3.05, 3.63) is 11.2 Å². The van der Waals surface area contributed by atoms with Crippen LogP contribution in [0, 0.1) is 11.8 Å². The average molecular weight is 318 g/mol. The predicted molar refractivity (Wildman–Crippen MR) is 75.4 cm³/mol. The third-order valence-electron chi connectivity index (χ3n) is 3.59. The van der Waals surface area contributed by atoms with Crippen molar-refractivity contribution in [2.75, 3.05) is 6.54 Å². The van der Waals surface area contributed by atoms with E-state index in [0.29, 0.717) is 18.4 Å². The Hall–Kier alpha value is -0.990. The lowest BCUT2D eigenvalue weighted by atomic mass is 9.83. The van der Waals surface area contributed by atoms with Gasteiger partial charge >= 0.3 is 5.97 Å². The summed E-state index contributed by atoms with van der Waals surface area (Å²) in [5.41, 5.74) is 0.834. The van der Waals surface area contributed by atoms with E-state index in [1.807, 2.05) is 0 Å². The number of aromatic nitrogens is 1. The van der Waals surface area contributed by atoms with E-state index < -0.39 is 21.7 Å². The minimum absolute atomic E-state index is 0.214. The fourth-order valence-electron chi connectivity index (χ4n) is 2.61. The number of hydrogen-bond acceptors (Lipinski definition) is 5. The molecule has 1 saturated carbocycles. The summed E-state index contributed by atoms with van der Waals surface area (Å²) in [5, 5.41) is 8.92. The van der Waals surface area contributed by atoms with Gasteiger partial charge in [-0.2, -0.15) is 0 Å². The molecule has 1 heterocycles. The molecule has 0 aliphatic heterocycles. The Morgan fingerprint density at radius 3 is 2.95 bits per heavy atom. The van der Waals surface area contributed by atoms with Crippen LogP contribution in [0.2, 0.25) is 0 Å². The Labute approximate surface area is 122 Å². The van der Waals surface area contributed by atoms with Gasteiger partial charge in [0.25, 0.3) is 10.0 Å². The summed E-state index contributed by atoms with van der Waals surface area (Å²) in [7, 11) is -3.78. The van der Waals surface area contributed by atoms with Crippen molar-refractivity contribution in [2.24, 2.45) is 11.8 Å². The Kier molecular flexibility index (Phi) is 4.77. The van der Waals surface area contributed by atoms with Gasteiger partial charge in [0.1, 0.15) is 0 Å². The summed E-state index contributed by atoms with van der Waals surface area (Å²) in [4.78, 5) is 14.5. The summed E-state index contributed by atoms with van der Waals surface area (Å²) in [5.74, 6) is -0.371. The van der Waals surface area contributed by atoms with Crippen molar-refractivity contribution < 1.29 is 18.3 Å². The highest BCUT2D eigenvalue weighted by Gasteiger charge is 2.27. The van der Waals surface area contributed by atoms with Crippen molar-refractivity contribution in [1.29, 1.82) is 0 Å². The Morgan fingerprint density at radius 1 is 1.55 bits per heavy atom. The van der Waals surface area contributed by atoms with Crippen LogP contribution in [0.4, 0.5) is 0 Å². The highest BCUT2D eigenvalue weighted by molar-refractivity contribution is 7.91. The third-order valence-corrected chi connectivity index (χ3v) is 6.38. The summed E-state index contributed by atoms with van der Waals surface area (Å²) < 4.78 is 26.6. The second-order valence-electron chi connectivity index (χ2n) is 5.28. The number of thiazole rings is 1. The van der Waals surface area contributed by atoms with E-state index in [1.54, 1.807) is 0 Å². The lowest BCUT2D eigenvalue weighted by molar-refractivity contribution is 0.0687. The summed E-state index contributed by atoms with van der Waals surface area (Å²) >= 11 is 0.830. The van der Waals surface area contributed by atoms with E-state index in [-0.39, 0.29) is 4.21 Å². The molecule has 2 rings (SSSR count). The van der Waals surface area contributed by atoms with Gasteiger partial charge in [0.05, 0.1) is 5.51 Å². The third kappa shape index (κ3) is 3.56. The summed E-state index contributed by atoms with van der Waals surface area (Å²) in [6, 6.07) is 0. The molecule has 1 fully saturated rings. The van der Waals surface area contributed by atoms with Gasteiger partial charge in [-0.25, -0.2) is 22.9 Å². The van der Waals surface area contributed by atoms with Crippen LogP contribution >= 0.6 is 11.3 Å². The van der Waals surface area contributed by atoms with Gasteiger partial charge in [0.2, 0.25) is 0 Å². The number of sulfonamides is 1. The first-order valence-corrected chi connectivity index (χ1v) is 8.93. The zero-order valence-corrected chi connectivity index (χ0v) is 12.8. The molecule has 20 heavy (non-hydrogen) atoms. The number of hydrogen-bond donors (Lipinski definition) is 2. The van der Waals surface area contributed by atoms with Gasteiger partial charge in [-0.15, -0.1) is 11.3 Å². The van der Waals surface area contributed by atoms with Crippen LogP contribution < -0.4 is 4.72 Å². The summed E-state index contributed by atoms with van der Waals surface area (Å²) in [6.45, 7) is 2.54. The zero-order valence-electron chi connectivity index (χ0n) is 11.2. The van der Waals surface area contributed by atoms with Crippen molar-refractivity contribution in [1.82, 2.24) is 9.71 Å². The van der Waals surface area contributed by atoms with Gasteiger partial charge in [-0.3, -0.25) is 0 Å². The highest BCUT2D eigenvalue weighted by atomic mass is 32.2. The zero-order chi connectivity index (χ0) is 14.8.